The van der Waals surface area contributed by atoms with Crippen LogP contribution in [0.4, 0.5) is 11.5 Å². The minimum absolute atomic E-state index is 0.152. The standard InChI is InChI=1S/C34H42ClN7O/c1-4-5-17-40-19-20-42(21-26(40)14-16-36)33-27-15-18-41(31-11-7-9-24-8-6-10-28(35)32(24)31)22-29(27)37-34(38-33)43-23-25-12-13-30(25)39(2)3/h4-11,25-26,30H,12-15,17-23H2,1-3H3/b5-4+/t25-,26+,30+/m1/s1. The van der Waals surface area contributed by atoms with E-state index in [2.05, 4.69) is 76.2 Å². The van der Waals surface area contributed by atoms with Crippen LogP contribution in [-0.2, 0) is 13.0 Å². The number of anilines is 2. The van der Waals surface area contributed by atoms with E-state index in [0.29, 0.717) is 37.5 Å². The minimum atomic E-state index is 0.152. The van der Waals surface area contributed by atoms with Crippen molar-refractivity contribution in [2.75, 3.05) is 63.2 Å². The third-order valence-electron chi connectivity index (χ3n) is 9.47. The van der Waals surface area contributed by atoms with E-state index in [0.717, 1.165) is 72.1 Å². The van der Waals surface area contributed by atoms with Crippen molar-refractivity contribution in [3.8, 4) is 12.1 Å². The molecule has 0 amide bonds. The summed E-state index contributed by atoms with van der Waals surface area (Å²) < 4.78 is 6.38. The van der Waals surface area contributed by atoms with Crippen LogP contribution in [0.25, 0.3) is 10.8 Å². The molecule has 2 aliphatic heterocycles. The Balaban J connectivity index is 1.32. The molecular weight excluding hydrogens is 558 g/mol. The van der Waals surface area contributed by atoms with E-state index in [1.807, 2.05) is 19.1 Å². The van der Waals surface area contributed by atoms with Gasteiger partial charge in [0, 0.05) is 67.4 Å². The van der Waals surface area contributed by atoms with E-state index in [4.69, 9.17) is 26.3 Å². The Hall–Kier alpha value is -3.38. The zero-order valence-corrected chi connectivity index (χ0v) is 26.3. The van der Waals surface area contributed by atoms with Crippen molar-refractivity contribution < 1.29 is 4.74 Å². The fourth-order valence-electron chi connectivity index (χ4n) is 6.93. The lowest BCUT2D eigenvalue weighted by molar-refractivity contribution is 0.0610. The summed E-state index contributed by atoms with van der Waals surface area (Å²) in [6.45, 7) is 7.56. The van der Waals surface area contributed by atoms with Crippen molar-refractivity contribution in [1.82, 2.24) is 19.8 Å². The number of nitriles is 1. The number of aromatic nitrogens is 2. The van der Waals surface area contributed by atoms with Crippen LogP contribution < -0.4 is 14.5 Å². The quantitative estimate of drug-likeness (QED) is 0.297. The van der Waals surface area contributed by atoms with Crippen LogP contribution in [0.3, 0.4) is 0 Å². The lowest BCUT2D eigenvalue weighted by atomic mass is 9.79. The van der Waals surface area contributed by atoms with Gasteiger partial charge in [-0.25, -0.2) is 0 Å². The maximum absolute atomic E-state index is 9.62. The topological polar surface area (TPSA) is 71.8 Å². The van der Waals surface area contributed by atoms with Crippen LogP contribution in [0.5, 0.6) is 6.01 Å². The number of hydrogen-bond donors (Lipinski definition) is 0. The fourth-order valence-corrected chi connectivity index (χ4v) is 7.21. The summed E-state index contributed by atoms with van der Waals surface area (Å²) in [6, 6.07) is 16.0. The largest absolute Gasteiger partial charge is 0.463 e. The Kier molecular flexibility index (Phi) is 9.03. The number of ether oxygens (including phenoxy) is 1. The molecule has 1 saturated heterocycles. The molecule has 3 heterocycles. The molecule has 1 aromatic heterocycles. The highest BCUT2D eigenvalue weighted by Crippen LogP contribution is 2.38. The summed E-state index contributed by atoms with van der Waals surface area (Å²) in [4.78, 5) is 19.6. The average Bonchev–Trinajstić information content (AvgIpc) is 2.99. The van der Waals surface area contributed by atoms with Crippen molar-refractivity contribution in [2.24, 2.45) is 5.92 Å². The Labute approximate surface area is 260 Å². The van der Waals surface area contributed by atoms with Crippen LogP contribution in [0.1, 0.15) is 37.4 Å². The Morgan fingerprint density at radius 1 is 1.09 bits per heavy atom. The second-order valence-corrected chi connectivity index (χ2v) is 12.7. The van der Waals surface area contributed by atoms with Gasteiger partial charge in [-0.1, -0.05) is 48.0 Å². The number of allylic oxidation sites excluding steroid dienone is 1. The van der Waals surface area contributed by atoms with Gasteiger partial charge in [-0.2, -0.15) is 15.2 Å². The van der Waals surface area contributed by atoms with Crippen molar-refractivity contribution in [3.63, 3.8) is 0 Å². The first kappa shape index (κ1) is 29.7. The summed E-state index contributed by atoms with van der Waals surface area (Å²) >= 11 is 6.73. The fraction of sp³-hybridized carbons (Fsp3) is 0.500. The zero-order chi connectivity index (χ0) is 29.9. The smallest absolute Gasteiger partial charge is 0.318 e. The SMILES string of the molecule is C/C=C/CN1CCN(c2nc(OC[C@H]3CC[C@@H]3N(C)C)nc3c2CCN(c2cccc4cccc(Cl)c24)C3)C[C@@H]1CC#N. The lowest BCUT2D eigenvalue weighted by Crippen LogP contribution is -2.53. The van der Waals surface area contributed by atoms with Gasteiger partial charge in [0.05, 0.1) is 36.4 Å². The Morgan fingerprint density at radius 3 is 2.67 bits per heavy atom. The molecule has 3 aromatic rings. The zero-order valence-electron chi connectivity index (χ0n) is 25.5. The molecule has 3 aliphatic rings. The Morgan fingerprint density at radius 2 is 1.93 bits per heavy atom. The predicted octanol–water partition coefficient (Wildman–Crippen LogP) is 5.55. The second-order valence-electron chi connectivity index (χ2n) is 12.2. The van der Waals surface area contributed by atoms with E-state index in [9.17, 15) is 5.26 Å². The Bertz CT molecular complexity index is 1510. The molecule has 43 heavy (non-hydrogen) atoms. The van der Waals surface area contributed by atoms with Crippen LogP contribution >= 0.6 is 11.6 Å². The van der Waals surface area contributed by atoms with Crippen molar-refractivity contribution in [1.29, 1.82) is 5.26 Å². The van der Waals surface area contributed by atoms with E-state index < -0.39 is 0 Å². The highest BCUT2D eigenvalue weighted by atomic mass is 35.5. The van der Waals surface area contributed by atoms with E-state index >= 15 is 0 Å². The maximum Gasteiger partial charge on any atom is 0.318 e. The van der Waals surface area contributed by atoms with Gasteiger partial charge in [-0.3, -0.25) is 4.90 Å². The van der Waals surface area contributed by atoms with Crippen molar-refractivity contribution in [3.05, 3.63) is 64.8 Å². The third kappa shape index (κ3) is 6.17. The van der Waals surface area contributed by atoms with Crippen LogP contribution in [0.2, 0.25) is 5.02 Å². The third-order valence-corrected chi connectivity index (χ3v) is 9.78. The summed E-state index contributed by atoms with van der Waals surface area (Å²) in [7, 11) is 4.29. The summed E-state index contributed by atoms with van der Waals surface area (Å²) in [5.41, 5.74) is 3.34. The van der Waals surface area contributed by atoms with Gasteiger partial charge in [0.15, 0.2) is 0 Å². The first-order valence-electron chi connectivity index (χ1n) is 15.5. The van der Waals surface area contributed by atoms with Crippen LogP contribution in [0, 0.1) is 17.2 Å². The van der Waals surface area contributed by atoms with Gasteiger partial charge in [-0.05, 0) is 57.8 Å². The molecule has 0 N–H and O–H groups in total. The number of hydrogen-bond acceptors (Lipinski definition) is 8. The minimum Gasteiger partial charge on any atom is -0.463 e. The summed E-state index contributed by atoms with van der Waals surface area (Å²) in [6.07, 6.45) is 7.96. The lowest BCUT2D eigenvalue weighted by Gasteiger charge is -2.42. The van der Waals surface area contributed by atoms with E-state index in [1.165, 1.54) is 18.4 Å². The molecule has 226 valence electrons. The van der Waals surface area contributed by atoms with Gasteiger partial charge >= 0.3 is 6.01 Å². The van der Waals surface area contributed by atoms with E-state index in [1.54, 1.807) is 0 Å². The van der Waals surface area contributed by atoms with Gasteiger partial charge in [0.25, 0.3) is 0 Å². The molecular formula is C34H42ClN7O. The highest BCUT2D eigenvalue weighted by molar-refractivity contribution is 6.36. The van der Waals surface area contributed by atoms with Crippen LogP contribution in [0.15, 0.2) is 48.6 Å². The number of halogens is 1. The second kappa shape index (κ2) is 13.1. The molecule has 3 atom stereocenters. The molecule has 1 aliphatic carbocycles. The number of piperazine rings is 1. The number of benzene rings is 2. The summed E-state index contributed by atoms with van der Waals surface area (Å²) in [5, 5.41) is 12.6. The molecule has 2 aromatic carbocycles. The maximum atomic E-state index is 9.62. The molecule has 9 heteroatoms. The highest BCUT2D eigenvalue weighted by Gasteiger charge is 2.34. The molecule has 0 unspecified atom stereocenters. The van der Waals surface area contributed by atoms with Gasteiger partial charge in [-0.15, -0.1) is 0 Å². The van der Waals surface area contributed by atoms with Crippen LogP contribution in [-0.4, -0.2) is 85.3 Å². The monoisotopic (exact) mass is 599 g/mol. The summed E-state index contributed by atoms with van der Waals surface area (Å²) in [5.74, 6) is 1.46. The van der Waals surface area contributed by atoms with Gasteiger partial charge in [0.1, 0.15) is 5.82 Å². The predicted molar refractivity (Wildman–Crippen MR) is 174 cm³/mol. The molecule has 0 spiro atoms. The molecule has 2 fully saturated rings. The first-order chi connectivity index (χ1) is 21.0. The number of rotatable bonds is 9. The molecule has 0 bridgehead atoms. The molecule has 1 saturated carbocycles. The van der Waals surface area contributed by atoms with Crippen molar-refractivity contribution in [2.45, 2.75) is 51.2 Å². The first-order valence-corrected chi connectivity index (χ1v) is 15.9. The number of nitrogens with zero attached hydrogens (tertiary/aromatic N) is 7. The van der Waals surface area contributed by atoms with E-state index in [-0.39, 0.29) is 6.04 Å². The molecule has 8 nitrogen and oxygen atoms in total. The normalized spacial score (nSPS) is 22.6. The van der Waals surface area contributed by atoms with Gasteiger partial charge < -0.3 is 19.4 Å². The number of fused-ring (bicyclic) bond motifs is 2. The average molecular weight is 600 g/mol. The molecule has 6 rings (SSSR count). The molecule has 0 radical (unpaired) electrons. The van der Waals surface area contributed by atoms with Crippen molar-refractivity contribution >= 4 is 33.9 Å². The van der Waals surface area contributed by atoms with Gasteiger partial charge in [0.2, 0.25) is 0 Å².